The van der Waals surface area contributed by atoms with Crippen molar-refractivity contribution in [2.45, 2.75) is 6.42 Å². The Kier molecular flexibility index (Phi) is 5.97. The first-order valence-corrected chi connectivity index (χ1v) is 11.8. The van der Waals surface area contributed by atoms with Gasteiger partial charge in [-0.2, -0.15) is 9.36 Å². The molecule has 3 aromatic heterocycles. The lowest BCUT2D eigenvalue weighted by atomic mass is 10.3. The van der Waals surface area contributed by atoms with Crippen LogP contribution < -0.4 is 5.32 Å². The lowest BCUT2D eigenvalue weighted by Gasteiger charge is -2.13. The van der Waals surface area contributed by atoms with Gasteiger partial charge in [-0.25, -0.2) is 0 Å². The first-order valence-electron chi connectivity index (χ1n) is 8.06. The van der Waals surface area contributed by atoms with Gasteiger partial charge in [0.05, 0.1) is 9.78 Å². The van der Waals surface area contributed by atoms with Gasteiger partial charge in [-0.15, -0.1) is 22.7 Å². The molecule has 0 unspecified atom stereocenters. The maximum atomic E-state index is 12.6. The van der Waals surface area contributed by atoms with Crippen LogP contribution in [0.3, 0.4) is 0 Å². The third-order valence-corrected chi connectivity index (χ3v) is 7.36. The van der Waals surface area contributed by atoms with Crippen LogP contribution in [0.25, 0.3) is 16.8 Å². The van der Waals surface area contributed by atoms with E-state index in [0.29, 0.717) is 20.2 Å². The van der Waals surface area contributed by atoms with Crippen molar-refractivity contribution in [2.75, 3.05) is 11.9 Å². The molecule has 11 heteroatoms. The molecule has 4 rings (SSSR count). The van der Waals surface area contributed by atoms with Crippen molar-refractivity contribution < 1.29 is 9.59 Å². The molecule has 1 saturated heterocycles. The van der Waals surface area contributed by atoms with E-state index in [1.807, 2.05) is 41.1 Å². The Hall–Kier alpha value is -1.92. The first-order chi connectivity index (χ1) is 13.6. The summed E-state index contributed by atoms with van der Waals surface area (Å²) in [4.78, 5) is 33.1. The van der Waals surface area contributed by atoms with Gasteiger partial charge in [0.1, 0.15) is 4.32 Å². The molecule has 0 spiro atoms. The number of nitrogens with zero attached hydrogens (tertiary/aromatic N) is 3. The topological polar surface area (TPSA) is 75.2 Å². The van der Waals surface area contributed by atoms with E-state index in [4.69, 9.17) is 12.2 Å². The second-order valence-electron chi connectivity index (χ2n) is 5.55. The van der Waals surface area contributed by atoms with Crippen molar-refractivity contribution in [1.82, 2.24) is 14.3 Å². The molecule has 6 nitrogen and oxygen atoms in total. The van der Waals surface area contributed by atoms with Crippen LogP contribution in [0.15, 0.2) is 39.9 Å². The molecule has 1 N–H and O–H groups in total. The summed E-state index contributed by atoms with van der Waals surface area (Å²) in [5, 5.41) is 7.08. The highest BCUT2D eigenvalue weighted by molar-refractivity contribution is 8.26. The highest BCUT2D eigenvalue weighted by Crippen LogP contribution is 2.33. The van der Waals surface area contributed by atoms with Crippen LogP contribution in [0.2, 0.25) is 0 Å². The zero-order valence-corrected chi connectivity index (χ0v) is 18.2. The van der Waals surface area contributed by atoms with Gasteiger partial charge in [0, 0.05) is 29.4 Å². The number of thiophene rings is 2. The summed E-state index contributed by atoms with van der Waals surface area (Å²) in [6.07, 6.45) is 1.96. The molecule has 3 aromatic rings. The molecule has 142 valence electrons. The van der Waals surface area contributed by atoms with Crippen LogP contribution in [0, 0.1) is 0 Å². The number of amides is 2. The summed E-state index contributed by atoms with van der Waals surface area (Å²) in [5.74, 6) is 0.211. The van der Waals surface area contributed by atoms with Gasteiger partial charge < -0.3 is 5.32 Å². The van der Waals surface area contributed by atoms with E-state index in [0.717, 1.165) is 21.3 Å². The third-order valence-electron chi connectivity index (χ3n) is 3.67. The lowest BCUT2D eigenvalue weighted by Crippen LogP contribution is -2.31. The van der Waals surface area contributed by atoms with E-state index in [2.05, 4.69) is 14.7 Å². The molecular weight excluding hydrogens is 453 g/mol. The number of thioether (sulfide) groups is 1. The predicted molar refractivity (Wildman–Crippen MR) is 121 cm³/mol. The molecule has 0 aromatic carbocycles. The molecule has 0 aliphatic carbocycles. The van der Waals surface area contributed by atoms with E-state index < -0.39 is 0 Å². The van der Waals surface area contributed by atoms with Gasteiger partial charge >= 0.3 is 0 Å². The van der Waals surface area contributed by atoms with Crippen LogP contribution in [-0.4, -0.2) is 36.9 Å². The smallest absolute Gasteiger partial charge is 0.266 e. The number of anilines is 1. The normalized spacial score (nSPS) is 15.6. The van der Waals surface area contributed by atoms with Crippen molar-refractivity contribution in [3.63, 3.8) is 0 Å². The number of rotatable bonds is 6. The van der Waals surface area contributed by atoms with Gasteiger partial charge in [0.15, 0.2) is 5.82 Å². The third kappa shape index (κ3) is 4.39. The monoisotopic (exact) mass is 464 g/mol. The Bertz CT molecular complexity index is 1040. The van der Waals surface area contributed by atoms with Crippen molar-refractivity contribution in [3.05, 3.63) is 44.8 Å². The maximum absolute atomic E-state index is 12.6. The van der Waals surface area contributed by atoms with E-state index in [9.17, 15) is 9.59 Å². The van der Waals surface area contributed by atoms with Crippen LogP contribution in [0.1, 0.15) is 11.3 Å². The molecule has 1 fully saturated rings. The number of carbonyl (C=O) groups is 2. The molecule has 0 radical (unpaired) electrons. The molecule has 28 heavy (non-hydrogen) atoms. The number of thiocarbonyl (C=S) groups is 1. The average molecular weight is 465 g/mol. The fourth-order valence-corrected chi connectivity index (χ4v) is 5.72. The van der Waals surface area contributed by atoms with Crippen LogP contribution in [0.4, 0.5) is 5.13 Å². The van der Waals surface area contributed by atoms with Crippen LogP contribution in [0.5, 0.6) is 0 Å². The highest BCUT2D eigenvalue weighted by atomic mass is 32.2. The van der Waals surface area contributed by atoms with Crippen LogP contribution >= 0.6 is 58.2 Å². The SMILES string of the molecule is O=C(CCN1C(=O)/C(=C\c2cccs2)SC1=S)Nc1nc(-c2cccs2)ns1. The first kappa shape index (κ1) is 19.4. The molecule has 0 saturated carbocycles. The number of hydrogen-bond acceptors (Lipinski definition) is 9. The molecule has 0 bridgehead atoms. The Morgan fingerprint density at radius 2 is 2.07 bits per heavy atom. The average Bonchev–Trinajstić information content (AvgIpc) is 3.44. The van der Waals surface area contributed by atoms with E-state index in [1.165, 1.54) is 16.7 Å². The molecule has 1 aliphatic rings. The molecule has 2 amide bonds. The zero-order valence-electron chi connectivity index (χ0n) is 14.2. The summed E-state index contributed by atoms with van der Waals surface area (Å²) in [6, 6.07) is 7.72. The molecule has 0 atom stereocenters. The van der Waals surface area contributed by atoms with Gasteiger partial charge in [0.25, 0.3) is 5.91 Å². The number of aromatic nitrogens is 2. The summed E-state index contributed by atoms with van der Waals surface area (Å²) in [7, 11) is 0. The molecule has 1 aliphatic heterocycles. The van der Waals surface area contributed by atoms with Gasteiger partial charge in [-0.05, 0) is 29.0 Å². The van der Waals surface area contributed by atoms with Gasteiger partial charge in [-0.3, -0.25) is 14.5 Å². The molecular formula is C17H12N4O2S5. The van der Waals surface area contributed by atoms with Crippen molar-refractivity contribution >= 4 is 85.5 Å². The van der Waals surface area contributed by atoms with Crippen molar-refractivity contribution in [1.29, 1.82) is 0 Å². The maximum Gasteiger partial charge on any atom is 0.266 e. The Morgan fingerprint density at radius 3 is 2.82 bits per heavy atom. The Labute approximate surface area is 182 Å². The predicted octanol–water partition coefficient (Wildman–Crippen LogP) is 4.56. The minimum atomic E-state index is -0.231. The largest absolute Gasteiger partial charge is 0.301 e. The number of hydrogen-bond donors (Lipinski definition) is 1. The number of carbonyl (C=O) groups excluding carboxylic acids is 2. The molecule has 4 heterocycles. The van der Waals surface area contributed by atoms with Crippen molar-refractivity contribution in [2.24, 2.45) is 0 Å². The quantitative estimate of drug-likeness (QED) is 0.426. The second kappa shape index (κ2) is 8.62. The number of nitrogens with one attached hydrogen (secondary N) is 1. The van der Waals surface area contributed by atoms with E-state index in [-0.39, 0.29) is 24.8 Å². The van der Waals surface area contributed by atoms with E-state index >= 15 is 0 Å². The lowest BCUT2D eigenvalue weighted by molar-refractivity contribution is -0.122. The summed E-state index contributed by atoms with van der Waals surface area (Å²) in [5.41, 5.74) is 0. The van der Waals surface area contributed by atoms with Gasteiger partial charge in [0.2, 0.25) is 11.0 Å². The fraction of sp³-hybridized carbons (Fsp3) is 0.118. The fourth-order valence-electron chi connectivity index (χ4n) is 2.37. The van der Waals surface area contributed by atoms with E-state index in [1.54, 1.807) is 22.7 Å². The summed E-state index contributed by atoms with van der Waals surface area (Å²) >= 11 is 10.8. The Balaban J connectivity index is 1.33. The minimum absolute atomic E-state index is 0.132. The van der Waals surface area contributed by atoms with Gasteiger partial charge in [-0.1, -0.05) is 36.1 Å². The highest BCUT2D eigenvalue weighted by Gasteiger charge is 2.32. The summed E-state index contributed by atoms with van der Waals surface area (Å²) < 4.78 is 4.72. The van der Waals surface area contributed by atoms with Crippen molar-refractivity contribution in [3.8, 4) is 10.7 Å². The Morgan fingerprint density at radius 1 is 1.25 bits per heavy atom. The standard InChI is InChI=1S/C17H12N4O2S5/c22-13(18-16-19-14(20-28-16)11-4-2-8-26-11)5-6-21-15(23)12(27-17(21)24)9-10-3-1-7-25-10/h1-4,7-9H,5-6H2,(H,18,19,20,22)/b12-9+. The summed E-state index contributed by atoms with van der Waals surface area (Å²) in [6.45, 7) is 0.231. The van der Waals surface area contributed by atoms with Crippen LogP contribution in [-0.2, 0) is 9.59 Å². The minimum Gasteiger partial charge on any atom is -0.301 e. The zero-order chi connectivity index (χ0) is 19.5. The second-order valence-corrected chi connectivity index (χ2v) is 9.90.